The van der Waals surface area contributed by atoms with Gasteiger partial charge in [0.05, 0.1) is 10.6 Å². The first kappa shape index (κ1) is 12.9. The molecule has 5 nitrogen and oxygen atoms in total. The number of non-ortho nitro benzene ring substituents is 1. The van der Waals surface area contributed by atoms with Crippen molar-refractivity contribution in [2.75, 3.05) is 11.9 Å². The first-order valence-electron chi connectivity index (χ1n) is 5.92. The van der Waals surface area contributed by atoms with Crippen molar-refractivity contribution in [1.82, 2.24) is 0 Å². The van der Waals surface area contributed by atoms with Crippen LogP contribution in [0.2, 0.25) is 0 Å². The van der Waals surface area contributed by atoms with Gasteiger partial charge in [0.15, 0.2) is 0 Å². The number of nitro benzene ring substituents is 1. The maximum absolute atomic E-state index is 10.7. The van der Waals surface area contributed by atoms with E-state index in [1.807, 2.05) is 30.3 Å². The molecule has 5 heteroatoms. The lowest BCUT2D eigenvalue weighted by Gasteiger charge is -2.08. The van der Waals surface area contributed by atoms with Crippen molar-refractivity contribution in [2.24, 2.45) is 0 Å². The Morgan fingerprint density at radius 1 is 1.16 bits per heavy atom. The van der Waals surface area contributed by atoms with E-state index in [9.17, 15) is 15.2 Å². The zero-order valence-electron chi connectivity index (χ0n) is 10.2. The highest BCUT2D eigenvalue weighted by Gasteiger charge is 2.09. The summed E-state index contributed by atoms with van der Waals surface area (Å²) in [6, 6.07) is 13.8. The van der Waals surface area contributed by atoms with Crippen molar-refractivity contribution in [3.63, 3.8) is 0 Å². The van der Waals surface area contributed by atoms with Crippen molar-refractivity contribution >= 4 is 11.4 Å². The molecule has 0 radical (unpaired) electrons. The molecule has 0 atom stereocenters. The molecular formula is C14H14N2O3. The zero-order chi connectivity index (χ0) is 13.7. The van der Waals surface area contributed by atoms with Gasteiger partial charge < -0.3 is 10.4 Å². The van der Waals surface area contributed by atoms with Gasteiger partial charge in [0.25, 0.3) is 5.69 Å². The van der Waals surface area contributed by atoms with Gasteiger partial charge in [-0.15, -0.1) is 0 Å². The van der Waals surface area contributed by atoms with Gasteiger partial charge in [-0.2, -0.15) is 0 Å². The van der Waals surface area contributed by atoms with Gasteiger partial charge in [-0.1, -0.05) is 30.3 Å². The molecule has 0 unspecified atom stereocenters. The van der Waals surface area contributed by atoms with Crippen molar-refractivity contribution < 1.29 is 10.0 Å². The summed E-state index contributed by atoms with van der Waals surface area (Å²) in [4.78, 5) is 10.2. The fourth-order valence-electron chi connectivity index (χ4n) is 1.77. The lowest BCUT2D eigenvalue weighted by Crippen LogP contribution is -2.05. The SMILES string of the molecule is O=[N+]([O-])c1ccc(O)c(NCCc2ccccc2)c1. The summed E-state index contributed by atoms with van der Waals surface area (Å²) in [5.74, 6) is 0.0126. The highest BCUT2D eigenvalue weighted by molar-refractivity contribution is 5.60. The highest BCUT2D eigenvalue weighted by atomic mass is 16.6. The quantitative estimate of drug-likeness (QED) is 0.491. The average Bonchev–Trinajstić information content (AvgIpc) is 2.42. The second-order valence-electron chi connectivity index (χ2n) is 4.12. The fourth-order valence-corrected chi connectivity index (χ4v) is 1.77. The van der Waals surface area contributed by atoms with Crippen LogP contribution in [0.1, 0.15) is 5.56 Å². The number of nitrogens with zero attached hydrogens (tertiary/aromatic N) is 1. The average molecular weight is 258 g/mol. The van der Waals surface area contributed by atoms with Crippen LogP contribution in [0.15, 0.2) is 48.5 Å². The van der Waals surface area contributed by atoms with E-state index in [2.05, 4.69) is 5.32 Å². The first-order chi connectivity index (χ1) is 9.16. The molecule has 0 aliphatic carbocycles. The van der Waals surface area contributed by atoms with Crippen molar-refractivity contribution in [1.29, 1.82) is 0 Å². The summed E-state index contributed by atoms with van der Waals surface area (Å²) in [5.41, 5.74) is 1.50. The van der Waals surface area contributed by atoms with Crippen LogP contribution >= 0.6 is 0 Å². The van der Waals surface area contributed by atoms with Crippen molar-refractivity contribution in [3.05, 3.63) is 64.2 Å². The van der Waals surface area contributed by atoms with Crippen LogP contribution in [0.4, 0.5) is 11.4 Å². The maximum atomic E-state index is 10.7. The van der Waals surface area contributed by atoms with Gasteiger partial charge in [-0.05, 0) is 18.1 Å². The minimum absolute atomic E-state index is 0.0126. The summed E-state index contributed by atoms with van der Waals surface area (Å²) in [7, 11) is 0. The van der Waals surface area contributed by atoms with E-state index in [0.717, 1.165) is 6.42 Å². The first-order valence-corrected chi connectivity index (χ1v) is 5.92. The normalized spacial score (nSPS) is 10.1. The standard InChI is InChI=1S/C14H14N2O3/c17-14-7-6-12(16(18)19)10-13(14)15-9-8-11-4-2-1-3-5-11/h1-7,10,15,17H,8-9H2. The lowest BCUT2D eigenvalue weighted by atomic mass is 10.1. The summed E-state index contributed by atoms with van der Waals surface area (Å²) >= 11 is 0. The molecule has 2 rings (SSSR count). The molecule has 0 saturated heterocycles. The van der Waals surface area contributed by atoms with E-state index in [4.69, 9.17) is 0 Å². The lowest BCUT2D eigenvalue weighted by molar-refractivity contribution is -0.384. The smallest absolute Gasteiger partial charge is 0.271 e. The summed E-state index contributed by atoms with van der Waals surface area (Å²) in [6.07, 6.45) is 0.781. The van der Waals surface area contributed by atoms with Gasteiger partial charge in [0.1, 0.15) is 5.75 Å². The molecule has 0 bridgehead atoms. The number of hydrogen-bond donors (Lipinski definition) is 2. The van der Waals surface area contributed by atoms with Crippen LogP contribution in [0, 0.1) is 10.1 Å². The van der Waals surface area contributed by atoms with E-state index in [0.29, 0.717) is 12.2 Å². The molecule has 2 N–H and O–H groups in total. The Morgan fingerprint density at radius 2 is 1.89 bits per heavy atom. The molecule has 19 heavy (non-hydrogen) atoms. The number of nitro groups is 1. The van der Waals surface area contributed by atoms with Crippen LogP contribution in [0.5, 0.6) is 5.75 Å². The van der Waals surface area contributed by atoms with Gasteiger partial charge in [-0.25, -0.2) is 0 Å². The number of aromatic hydroxyl groups is 1. The molecule has 2 aromatic rings. The molecule has 0 fully saturated rings. The van der Waals surface area contributed by atoms with E-state index >= 15 is 0 Å². The van der Waals surface area contributed by atoms with Crippen LogP contribution in [0.25, 0.3) is 0 Å². The minimum Gasteiger partial charge on any atom is -0.506 e. The number of rotatable bonds is 5. The molecule has 2 aromatic carbocycles. The minimum atomic E-state index is -0.484. The number of nitrogens with one attached hydrogen (secondary N) is 1. The van der Waals surface area contributed by atoms with E-state index in [1.165, 1.54) is 23.8 Å². The third-order valence-electron chi connectivity index (χ3n) is 2.76. The zero-order valence-corrected chi connectivity index (χ0v) is 10.2. The third kappa shape index (κ3) is 3.45. The molecule has 0 aliphatic heterocycles. The van der Waals surface area contributed by atoms with Gasteiger partial charge in [0.2, 0.25) is 0 Å². The van der Waals surface area contributed by atoms with E-state index in [1.54, 1.807) is 0 Å². The van der Waals surface area contributed by atoms with Gasteiger partial charge in [0, 0.05) is 18.7 Å². The Hall–Kier alpha value is -2.56. The topological polar surface area (TPSA) is 75.4 Å². The fraction of sp³-hybridized carbons (Fsp3) is 0.143. The number of anilines is 1. The Labute approximate surface area is 110 Å². The van der Waals surface area contributed by atoms with Crippen LogP contribution in [-0.4, -0.2) is 16.6 Å². The van der Waals surface area contributed by atoms with Gasteiger partial charge in [-0.3, -0.25) is 10.1 Å². The molecular weight excluding hydrogens is 244 g/mol. The predicted molar refractivity (Wildman–Crippen MR) is 73.4 cm³/mol. The summed E-state index contributed by atoms with van der Waals surface area (Å²) in [5, 5.41) is 23.3. The molecule has 0 heterocycles. The van der Waals surface area contributed by atoms with Gasteiger partial charge >= 0.3 is 0 Å². The van der Waals surface area contributed by atoms with Crippen molar-refractivity contribution in [3.8, 4) is 5.75 Å². The molecule has 0 amide bonds. The molecule has 0 spiro atoms. The Kier molecular flexibility index (Phi) is 3.97. The second-order valence-corrected chi connectivity index (χ2v) is 4.12. The third-order valence-corrected chi connectivity index (χ3v) is 2.76. The molecule has 98 valence electrons. The van der Waals surface area contributed by atoms with E-state index in [-0.39, 0.29) is 11.4 Å². The van der Waals surface area contributed by atoms with E-state index < -0.39 is 4.92 Å². The number of hydrogen-bond acceptors (Lipinski definition) is 4. The number of phenolic OH excluding ortho intramolecular Hbond substituents is 1. The monoisotopic (exact) mass is 258 g/mol. The largest absolute Gasteiger partial charge is 0.506 e. The Morgan fingerprint density at radius 3 is 2.58 bits per heavy atom. The number of phenols is 1. The predicted octanol–water partition coefficient (Wildman–Crippen LogP) is 2.96. The molecule has 0 saturated carbocycles. The van der Waals surface area contributed by atoms with Crippen molar-refractivity contribution in [2.45, 2.75) is 6.42 Å². The molecule has 0 aliphatic rings. The van der Waals surface area contributed by atoms with Crippen LogP contribution in [-0.2, 0) is 6.42 Å². The summed E-state index contributed by atoms with van der Waals surface area (Å²) in [6.45, 7) is 0.596. The van der Waals surface area contributed by atoms with Crippen LogP contribution < -0.4 is 5.32 Å². The van der Waals surface area contributed by atoms with Crippen LogP contribution in [0.3, 0.4) is 0 Å². The number of benzene rings is 2. The second kappa shape index (κ2) is 5.86. The Bertz CT molecular complexity index is 570. The summed E-state index contributed by atoms with van der Waals surface area (Å²) < 4.78 is 0. The molecule has 0 aromatic heterocycles. The Balaban J connectivity index is 1.99. The highest BCUT2D eigenvalue weighted by Crippen LogP contribution is 2.27. The maximum Gasteiger partial charge on any atom is 0.271 e.